The summed E-state index contributed by atoms with van der Waals surface area (Å²) >= 11 is 0. The van der Waals surface area contributed by atoms with E-state index in [-0.39, 0.29) is 17.6 Å². The first-order valence-corrected chi connectivity index (χ1v) is 13.4. The largest absolute Gasteiger partial charge is 0.389 e. The molecule has 0 aliphatic heterocycles. The molecule has 0 aromatic carbocycles. The summed E-state index contributed by atoms with van der Waals surface area (Å²) in [5.41, 5.74) is 1.68. The Kier molecular flexibility index (Phi) is 6.56. The summed E-state index contributed by atoms with van der Waals surface area (Å²) in [6.07, 6.45) is 15.8. The van der Waals surface area contributed by atoms with Gasteiger partial charge in [0.25, 0.3) is 0 Å². The zero-order valence-electron chi connectivity index (χ0n) is 21.0. The molecule has 0 heterocycles. The summed E-state index contributed by atoms with van der Waals surface area (Å²) in [5.74, 6) is 4.91. The Morgan fingerprint density at radius 1 is 1.00 bits per heavy atom. The molecule has 4 aliphatic rings. The highest BCUT2D eigenvalue weighted by molar-refractivity contribution is 5.29. The van der Waals surface area contributed by atoms with Crippen molar-refractivity contribution < 1.29 is 10.2 Å². The third kappa shape index (κ3) is 3.88. The molecule has 4 aliphatic carbocycles. The van der Waals surface area contributed by atoms with Crippen molar-refractivity contribution in [1.82, 2.24) is 0 Å². The van der Waals surface area contributed by atoms with Gasteiger partial charge in [-0.1, -0.05) is 59.8 Å². The van der Waals surface area contributed by atoms with Gasteiger partial charge >= 0.3 is 0 Å². The Labute approximate surface area is 191 Å². The van der Waals surface area contributed by atoms with Gasteiger partial charge in [0.2, 0.25) is 0 Å². The summed E-state index contributed by atoms with van der Waals surface area (Å²) in [6, 6.07) is 0. The smallest absolute Gasteiger partial charge is 0.0759 e. The zero-order valence-corrected chi connectivity index (χ0v) is 21.0. The number of allylic oxidation sites excluding steroid dienone is 2. The van der Waals surface area contributed by atoms with E-state index in [1.165, 1.54) is 37.7 Å². The average molecular weight is 429 g/mol. The van der Waals surface area contributed by atoms with Gasteiger partial charge in [-0.15, -0.1) is 0 Å². The van der Waals surface area contributed by atoms with Crippen LogP contribution in [0.3, 0.4) is 0 Å². The maximum Gasteiger partial charge on any atom is 0.0759 e. The molecule has 3 saturated carbocycles. The Morgan fingerprint density at radius 3 is 2.42 bits per heavy atom. The Morgan fingerprint density at radius 2 is 1.74 bits per heavy atom. The molecule has 2 N–H and O–H groups in total. The lowest BCUT2D eigenvalue weighted by Crippen LogP contribution is -2.54. The van der Waals surface area contributed by atoms with Crippen molar-refractivity contribution in [3.05, 3.63) is 23.8 Å². The summed E-state index contributed by atoms with van der Waals surface area (Å²) < 4.78 is 0. The fourth-order valence-electron chi connectivity index (χ4n) is 8.94. The standard InChI is InChI=1S/C29H48O2/c1-7-20(18(2)3)9-8-19(4)23-10-11-24-22-17-27(31)26-16-21(30)12-14-29(26,6)25(22)13-15-28(23,24)5/h8-9,16,18-25,27,30-31H,7,10-15,17H2,1-6H3. The zero-order chi connectivity index (χ0) is 22.6. The van der Waals surface area contributed by atoms with Crippen LogP contribution in [0.5, 0.6) is 0 Å². The van der Waals surface area contributed by atoms with E-state index in [0.717, 1.165) is 37.0 Å². The quantitative estimate of drug-likeness (QED) is 0.474. The van der Waals surface area contributed by atoms with E-state index in [4.69, 9.17) is 0 Å². The van der Waals surface area contributed by atoms with Gasteiger partial charge < -0.3 is 10.2 Å². The van der Waals surface area contributed by atoms with Gasteiger partial charge in [0.15, 0.2) is 0 Å². The lowest BCUT2D eigenvalue weighted by Gasteiger charge is -2.59. The number of aliphatic hydroxyl groups excluding tert-OH is 2. The van der Waals surface area contributed by atoms with Crippen molar-refractivity contribution in [2.75, 3.05) is 0 Å². The molecular formula is C29H48O2. The molecule has 0 radical (unpaired) electrons. The van der Waals surface area contributed by atoms with Crippen molar-refractivity contribution in [2.45, 2.75) is 105 Å². The highest BCUT2D eigenvalue weighted by Gasteiger charge is 2.60. The molecule has 0 aromatic rings. The minimum atomic E-state index is -0.357. The van der Waals surface area contributed by atoms with E-state index in [1.54, 1.807) is 0 Å². The van der Waals surface area contributed by atoms with Gasteiger partial charge in [-0.3, -0.25) is 0 Å². The van der Waals surface area contributed by atoms with E-state index in [9.17, 15) is 10.2 Å². The van der Waals surface area contributed by atoms with Crippen molar-refractivity contribution in [3.8, 4) is 0 Å². The maximum absolute atomic E-state index is 11.1. The van der Waals surface area contributed by atoms with Crippen LogP contribution in [0.25, 0.3) is 0 Å². The van der Waals surface area contributed by atoms with Crippen molar-refractivity contribution in [3.63, 3.8) is 0 Å². The second-order valence-corrected chi connectivity index (χ2v) is 12.6. The lowest BCUT2D eigenvalue weighted by molar-refractivity contribution is -0.0852. The van der Waals surface area contributed by atoms with Crippen LogP contribution in [-0.2, 0) is 0 Å². The molecular weight excluding hydrogens is 380 g/mol. The number of fused-ring (bicyclic) bond motifs is 5. The van der Waals surface area contributed by atoms with Gasteiger partial charge in [0.1, 0.15) is 0 Å². The number of hydrogen-bond donors (Lipinski definition) is 2. The molecule has 4 rings (SSSR count). The lowest BCUT2D eigenvalue weighted by atomic mass is 9.46. The molecule has 10 atom stereocenters. The summed E-state index contributed by atoms with van der Waals surface area (Å²) in [5, 5.41) is 21.4. The third-order valence-corrected chi connectivity index (χ3v) is 10.8. The monoisotopic (exact) mass is 428 g/mol. The van der Waals surface area contributed by atoms with Crippen LogP contribution < -0.4 is 0 Å². The fourth-order valence-corrected chi connectivity index (χ4v) is 8.94. The molecule has 2 nitrogen and oxygen atoms in total. The second-order valence-electron chi connectivity index (χ2n) is 12.6. The van der Waals surface area contributed by atoms with Crippen LogP contribution >= 0.6 is 0 Å². The van der Waals surface area contributed by atoms with Gasteiger partial charge in [0, 0.05) is 0 Å². The van der Waals surface area contributed by atoms with E-state index in [2.05, 4.69) is 53.7 Å². The minimum Gasteiger partial charge on any atom is -0.389 e. The Bertz CT molecular complexity index is 708. The molecule has 31 heavy (non-hydrogen) atoms. The minimum absolute atomic E-state index is 0.0953. The molecule has 3 fully saturated rings. The highest BCUT2D eigenvalue weighted by atomic mass is 16.3. The fraction of sp³-hybridized carbons (Fsp3) is 0.862. The topological polar surface area (TPSA) is 40.5 Å². The van der Waals surface area contributed by atoms with E-state index >= 15 is 0 Å². The molecule has 0 amide bonds. The van der Waals surface area contributed by atoms with Gasteiger partial charge in [-0.05, 0) is 109 Å². The molecule has 10 unspecified atom stereocenters. The number of rotatable bonds is 5. The predicted molar refractivity (Wildman–Crippen MR) is 130 cm³/mol. The van der Waals surface area contributed by atoms with Crippen LogP contribution in [0.4, 0.5) is 0 Å². The maximum atomic E-state index is 11.1. The van der Waals surface area contributed by atoms with E-state index < -0.39 is 0 Å². The van der Waals surface area contributed by atoms with E-state index in [0.29, 0.717) is 29.1 Å². The first-order valence-electron chi connectivity index (χ1n) is 13.4. The van der Waals surface area contributed by atoms with Crippen LogP contribution in [0.1, 0.15) is 92.9 Å². The summed E-state index contributed by atoms with van der Waals surface area (Å²) in [4.78, 5) is 0. The molecule has 0 aromatic heterocycles. The van der Waals surface area contributed by atoms with E-state index in [1.807, 2.05) is 6.08 Å². The summed E-state index contributed by atoms with van der Waals surface area (Å²) in [7, 11) is 0. The van der Waals surface area contributed by atoms with Crippen LogP contribution in [0, 0.1) is 52.3 Å². The predicted octanol–water partition coefficient (Wildman–Crippen LogP) is 6.77. The van der Waals surface area contributed by atoms with Crippen LogP contribution in [0.15, 0.2) is 23.8 Å². The Balaban J connectivity index is 1.55. The molecule has 2 heteroatoms. The van der Waals surface area contributed by atoms with Gasteiger partial charge in [0.05, 0.1) is 12.2 Å². The molecule has 0 bridgehead atoms. The van der Waals surface area contributed by atoms with Crippen molar-refractivity contribution in [2.24, 2.45) is 52.3 Å². The molecule has 0 spiro atoms. The summed E-state index contributed by atoms with van der Waals surface area (Å²) in [6.45, 7) is 14.5. The van der Waals surface area contributed by atoms with Crippen molar-refractivity contribution in [1.29, 1.82) is 0 Å². The van der Waals surface area contributed by atoms with Gasteiger partial charge in [-0.2, -0.15) is 0 Å². The average Bonchev–Trinajstić information content (AvgIpc) is 3.07. The van der Waals surface area contributed by atoms with Crippen molar-refractivity contribution >= 4 is 0 Å². The highest BCUT2D eigenvalue weighted by Crippen LogP contribution is 2.67. The van der Waals surface area contributed by atoms with Crippen LogP contribution in [0.2, 0.25) is 0 Å². The molecule has 0 saturated heterocycles. The number of aliphatic hydroxyl groups is 2. The SMILES string of the molecule is CCC(C=CC(C)C1CCC2C3CC(O)C4=CC(O)CCC4(C)C3CCC12C)C(C)C. The molecule has 176 valence electrons. The number of hydrogen-bond acceptors (Lipinski definition) is 2. The van der Waals surface area contributed by atoms with Gasteiger partial charge in [-0.25, -0.2) is 0 Å². The van der Waals surface area contributed by atoms with Crippen LogP contribution in [-0.4, -0.2) is 22.4 Å². The third-order valence-electron chi connectivity index (χ3n) is 10.8. The Hall–Kier alpha value is -0.600. The first kappa shape index (κ1) is 23.6. The second kappa shape index (κ2) is 8.64. The first-order chi connectivity index (χ1) is 14.6. The normalized spacial score (nSPS) is 46.9.